The average Bonchev–Trinajstić information content (AvgIpc) is 2.80. The van der Waals surface area contributed by atoms with E-state index in [1.165, 1.54) is 18.2 Å². The van der Waals surface area contributed by atoms with E-state index >= 15 is 0 Å². The lowest BCUT2D eigenvalue weighted by Crippen LogP contribution is -2.19. The molecule has 0 spiro atoms. The first-order valence-corrected chi connectivity index (χ1v) is 11.3. The molecule has 0 N–H and O–H groups in total. The van der Waals surface area contributed by atoms with Crippen LogP contribution in [0.1, 0.15) is 34.0 Å². The van der Waals surface area contributed by atoms with Gasteiger partial charge in [0, 0.05) is 17.2 Å². The van der Waals surface area contributed by atoms with E-state index in [9.17, 15) is 13.2 Å². The van der Waals surface area contributed by atoms with Crippen molar-refractivity contribution >= 4 is 27.2 Å². The van der Waals surface area contributed by atoms with E-state index in [0.717, 1.165) is 11.1 Å². The van der Waals surface area contributed by atoms with Crippen LogP contribution in [0.5, 0.6) is 0 Å². The van der Waals surface area contributed by atoms with E-state index in [0.29, 0.717) is 16.8 Å². The summed E-state index contributed by atoms with van der Waals surface area (Å²) in [6.07, 6.45) is 1.32. The fourth-order valence-electron chi connectivity index (χ4n) is 3.19. The zero-order valence-corrected chi connectivity index (χ0v) is 18.3. The molecule has 0 aliphatic heterocycles. The monoisotopic (exact) mass is 444 g/mol. The van der Waals surface area contributed by atoms with Crippen molar-refractivity contribution in [3.8, 4) is 0 Å². The number of sulfonamides is 1. The maximum atomic E-state index is 12.9. The maximum Gasteiger partial charge on any atom is 0.282 e. The molecule has 160 valence electrons. The number of hydrogen-bond donors (Lipinski definition) is 0. The highest BCUT2D eigenvalue weighted by atomic mass is 32.2. The number of Topliss-reactive ketones (excluding diaryl/α,β-unsaturated/α-hetero) is 1. The molecule has 4 rings (SSSR count). The van der Waals surface area contributed by atoms with Gasteiger partial charge < -0.3 is 4.84 Å². The number of fused-ring (bicyclic) bond motifs is 1. The maximum absolute atomic E-state index is 12.9. The molecular weight excluding hydrogens is 424 g/mol. The summed E-state index contributed by atoms with van der Waals surface area (Å²) in [4.78, 5) is 18.4. The molecule has 7 heteroatoms. The molecule has 0 unspecified atom stereocenters. The Morgan fingerprint density at radius 2 is 1.47 bits per heavy atom. The molecule has 0 fully saturated rings. The van der Waals surface area contributed by atoms with E-state index in [-0.39, 0.29) is 16.4 Å². The van der Waals surface area contributed by atoms with Crippen LogP contribution in [0.25, 0.3) is 0 Å². The van der Waals surface area contributed by atoms with Gasteiger partial charge in [-0.15, -0.1) is 0 Å². The third-order valence-corrected chi connectivity index (χ3v) is 6.25. The van der Waals surface area contributed by atoms with Crippen molar-refractivity contribution in [1.29, 1.82) is 0 Å². The summed E-state index contributed by atoms with van der Waals surface area (Å²) in [5.74, 6) is -0.492. The van der Waals surface area contributed by atoms with Crippen molar-refractivity contribution in [2.75, 3.05) is 0 Å². The van der Waals surface area contributed by atoms with Crippen molar-refractivity contribution in [2.45, 2.75) is 18.7 Å². The molecule has 3 aromatic rings. The van der Waals surface area contributed by atoms with Crippen LogP contribution in [0.2, 0.25) is 0 Å². The normalized spacial score (nSPS) is 15.3. The molecule has 3 aromatic carbocycles. The molecule has 0 saturated carbocycles. The van der Waals surface area contributed by atoms with Gasteiger partial charge in [-0.2, -0.15) is 12.8 Å². The molecule has 0 bridgehead atoms. The molecule has 1 aliphatic rings. The first kappa shape index (κ1) is 21.4. The lowest BCUT2D eigenvalue weighted by Gasteiger charge is -2.16. The van der Waals surface area contributed by atoms with Crippen LogP contribution in [0, 0.1) is 6.92 Å². The topological polar surface area (TPSA) is 85.2 Å². The Hall–Kier alpha value is -3.84. The lowest BCUT2D eigenvalue weighted by molar-refractivity contribution is 0.0923. The van der Waals surface area contributed by atoms with Crippen LogP contribution in [-0.4, -0.2) is 25.6 Å². The highest BCUT2D eigenvalue weighted by molar-refractivity contribution is 7.90. The lowest BCUT2D eigenvalue weighted by atomic mass is 9.93. The summed E-state index contributed by atoms with van der Waals surface area (Å²) in [5.41, 5.74) is 3.19. The fourth-order valence-corrected chi connectivity index (χ4v) is 4.19. The van der Waals surface area contributed by atoms with Crippen molar-refractivity contribution < 1.29 is 18.0 Å². The molecule has 0 aromatic heterocycles. The third kappa shape index (κ3) is 4.43. The number of benzene rings is 3. The van der Waals surface area contributed by atoms with Crippen LogP contribution >= 0.6 is 0 Å². The highest BCUT2D eigenvalue weighted by Crippen LogP contribution is 2.25. The van der Waals surface area contributed by atoms with Gasteiger partial charge in [0.1, 0.15) is 0 Å². The number of carbonyl (C=O) groups is 1. The van der Waals surface area contributed by atoms with Crippen LogP contribution in [0.4, 0.5) is 0 Å². The molecule has 6 nitrogen and oxygen atoms in total. The number of aryl methyl sites for hydroxylation is 1. The van der Waals surface area contributed by atoms with Gasteiger partial charge in [0.2, 0.25) is 11.5 Å². The molecule has 0 radical (unpaired) electrons. The minimum Gasteiger partial charge on any atom is -0.352 e. The van der Waals surface area contributed by atoms with Gasteiger partial charge in [0.25, 0.3) is 10.0 Å². The molecule has 0 amide bonds. The Morgan fingerprint density at radius 1 is 0.844 bits per heavy atom. The van der Waals surface area contributed by atoms with Gasteiger partial charge in [0.15, 0.2) is 0 Å². The van der Waals surface area contributed by atoms with E-state index in [1.54, 1.807) is 43.3 Å². The van der Waals surface area contributed by atoms with E-state index in [4.69, 9.17) is 4.84 Å². The second-order valence-corrected chi connectivity index (χ2v) is 8.89. The summed E-state index contributed by atoms with van der Waals surface area (Å²) in [6, 6.07) is 22.5. The summed E-state index contributed by atoms with van der Waals surface area (Å²) < 4.78 is 29.8. The van der Waals surface area contributed by atoms with Gasteiger partial charge in [-0.3, -0.25) is 4.79 Å². The first-order chi connectivity index (χ1) is 15.3. The third-order valence-electron chi connectivity index (χ3n) is 4.95. The Kier molecular flexibility index (Phi) is 5.83. The van der Waals surface area contributed by atoms with Crippen molar-refractivity contribution in [1.82, 2.24) is 0 Å². The predicted octanol–water partition coefficient (Wildman–Crippen LogP) is 4.69. The smallest absolute Gasteiger partial charge is 0.282 e. The van der Waals surface area contributed by atoms with Gasteiger partial charge in [-0.1, -0.05) is 77.4 Å². The van der Waals surface area contributed by atoms with Gasteiger partial charge in [0.05, 0.1) is 16.3 Å². The molecule has 32 heavy (non-hydrogen) atoms. The molecular formula is C25H20N2O4S. The Balaban J connectivity index is 1.75. The molecule has 0 saturated heterocycles. The van der Waals surface area contributed by atoms with E-state index in [1.807, 2.05) is 37.3 Å². The fraction of sp³-hybridized carbons (Fsp3) is 0.0800. The second kappa shape index (κ2) is 8.72. The van der Waals surface area contributed by atoms with Gasteiger partial charge >= 0.3 is 0 Å². The number of nitrogens with zero attached hydrogens (tertiary/aromatic N) is 2. The highest BCUT2D eigenvalue weighted by Gasteiger charge is 2.27. The average molecular weight is 445 g/mol. The zero-order chi connectivity index (χ0) is 22.7. The number of carbonyl (C=O) groups excluding carboxylic acids is 1. The first-order valence-electron chi connectivity index (χ1n) is 9.89. The van der Waals surface area contributed by atoms with Crippen LogP contribution < -0.4 is 0 Å². The largest absolute Gasteiger partial charge is 0.352 e. The molecule has 1 aliphatic carbocycles. The number of rotatable bonds is 5. The summed E-state index contributed by atoms with van der Waals surface area (Å²) in [6.45, 7) is 3.63. The van der Waals surface area contributed by atoms with Crippen molar-refractivity contribution in [3.63, 3.8) is 0 Å². The Labute approximate surface area is 186 Å². The van der Waals surface area contributed by atoms with Crippen LogP contribution in [-0.2, 0) is 14.9 Å². The number of hydrogen-bond acceptors (Lipinski definition) is 5. The SMILES string of the molecule is C/C(=N/OC1=CC(=NS(=O)(=O)c2ccc(C)cc2)c2ccccc2C1=O)c1ccccc1. The minimum atomic E-state index is -3.99. The van der Waals surface area contributed by atoms with Crippen molar-refractivity contribution in [3.05, 3.63) is 113 Å². The summed E-state index contributed by atoms with van der Waals surface area (Å²) >= 11 is 0. The zero-order valence-electron chi connectivity index (χ0n) is 17.5. The molecule has 0 atom stereocenters. The molecule has 0 heterocycles. The predicted molar refractivity (Wildman–Crippen MR) is 123 cm³/mol. The van der Waals surface area contributed by atoms with Gasteiger partial charge in [-0.25, -0.2) is 0 Å². The van der Waals surface area contributed by atoms with Crippen LogP contribution in [0.15, 0.2) is 105 Å². The standard InChI is InChI=1S/C25H20N2O4S/c1-17-12-14-20(15-13-17)32(29,30)27-23-16-24(25(28)22-11-7-6-10-21(22)23)31-26-18(2)19-8-4-3-5-9-19/h3-16H,1-2H3/b26-18-,27-23?. The van der Waals surface area contributed by atoms with Gasteiger partial charge in [-0.05, 0) is 31.5 Å². The quantitative estimate of drug-likeness (QED) is 0.422. The Bertz CT molecular complexity index is 1370. The number of allylic oxidation sites excluding steroid dienone is 2. The van der Waals surface area contributed by atoms with E-state index in [2.05, 4.69) is 9.55 Å². The summed E-state index contributed by atoms with van der Waals surface area (Å²) in [5, 5.41) is 4.06. The van der Waals surface area contributed by atoms with E-state index < -0.39 is 15.8 Å². The summed E-state index contributed by atoms with van der Waals surface area (Å²) in [7, 11) is -3.99. The van der Waals surface area contributed by atoms with Crippen LogP contribution in [0.3, 0.4) is 0 Å². The minimum absolute atomic E-state index is 0.0683. The number of oxime groups is 1. The Morgan fingerprint density at radius 3 is 2.16 bits per heavy atom. The second-order valence-electron chi connectivity index (χ2n) is 7.28. The van der Waals surface area contributed by atoms with Crippen molar-refractivity contribution in [2.24, 2.45) is 9.55 Å². The number of ketones is 1.